The van der Waals surface area contributed by atoms with Gasteiger partial charge in [-0.05, 0) is 42.8 Å². The van der Waals surface area contributed by atoms with E-state index in [1.165, 1.54) is 12.1 Å². The molecule has 2 aromatic heterocycles. The van der Waals surface area contributed by atoms with Gasteiger partial charge in [0.1, 0.15) is 23.8 Å². The van der Waals surface area contributed by atoms with Crippen molar-refractivity contribution in [3.05, 3.63) is 92.1 Å². The van der Waals surface area contributed by atoms with Crippen LogP contribution in [0.25, 0.3) is 11.5 Å². The Labute approximate surface area is 177 Å². The first-order chi connectivity index (χ1) is 15.2. The van der Waals surface area contributed by atoms with Gasteiger partial charge in [-0.3, -0.25) is 0 Å². The van der Waals surface area contributed by atoms with Gasteiger partial charge in [-0.25, -0.2) is 19.6 Å². The third kappa shape index (κ3) is 4.66. The van der Waals surface area contributed by atoms with E-state index in [2.05, 4.69) is 4.98 Å². The number of hydrogen-bond donors (Lipinski definition) is 1. The topological polar surface area (TPSA) is 103 Å². The van der Waals surface area contributed by atoms with E-state index in [1.807, 2.05) is 4.98 Å². The van der Waals surface area contributed by atoms with Crippen molar-refractivity contribution in [2.24, 2.45) is 0 Å². The van der Waals surface area contributed by atoms with Crippen LogP contribution in [0, 0.1) is 6.92 Å². The highest BCUT2D eigenvalue weighted by Gasteiger charge is 2.30. The predicted octanol–water partition coefficient (Wildman–Crippen LogP) is 3.74. The molecule has 32 heavy (non-hydrogen) atoms. The number of hydrogen-bond acceptors (Lipinski definition) is 6. The van der Waals surface area contributed by atoms with Crippen LogP contribution in [-0.4, -0.2) is 14.7 Å². The average molecular weight is 447 g/mol. The molecule has 0 saturated carbocycles. The number of benzene rings is 2. The molecule has 2 aromatic carbocycles. The van der Waals surface area contributed by atoms with Gasteiger partial charge in [-0.1, -0.05) is 18.2 Å². The predicted molar refractivity (Wildman–Crippen MR) is 105 cm³/mol. The Kier molecular flexibility index (Phi) is 5.47. The molecule has 0 saturated heterocycles. The first kappa shape index (κ1) is 21.2. The monoisotopic (exact) mass is 447 g/mol. The Balaban J connectivity index is 1.48. The third-order valence-corrected chi connectivity index (χ3v) is 4.56. The first-order valence-corrected chi connectivity index (χ1v) is 9.35. The number of halogens is 3. The number of nitrogens with one attached hydrogen (secondary N) is 1. The molecule has 11 heteroatoms. The standard InChI is InChI=1S/C21H16F3N3O5/c1-12-17(25-18(31-12)14-5-3-6-15(9-14)21(22,23)24)11-30-16-7-2-4-13(8-16)10-27-19(28)26-20(29)32-27/h2-9H,10-11H2,1H3,(H,26,28,29). The van der Waals surface area contributed by atoms with E-state index in [0.29, 0.717) is 22.8 Å². The Morgan fingerprint density at radius 3 is 2.62 bits per heavy atom. The van der Waals surface area contributed by atoms with Crippen molar-refractivity contribution in [3.63, 3.8) is 0 Å². The van der Waals surface area contributed by atoms with Gasteiger partial charge in [0.05, 0.1) is 12.1 Å². The molecule has 0 amide bonds. The Morgan fingerprint density at radius 2 is 1.91 bits per heavy atom. The van der Waals surface area contributed by atoms with Gasteiger partial charge in [0.25, 0.3) is 0 Å². The van der Waals surface area contributed by atoms with Gasteiger partial charge in [0.15, 0.2) is 0 Å². The summed E-state index contributed by atoms with van der Waals surface area (Å²) < 4.78 is 55.7. The van der Waals surface area contributed by atoms with Crippen LogP contribution < -0.4 is 16.2 Å². The van der Waals surface area contributed by atoms with Gasteiger partial charge < -0.3 is 13.7 Å². The molecule has 1 N–H and O–H groups in total. The second-order valence-corrected chi connectivity index (χ2v) is 6.88. The maximum atomic E-state index is 13.0. The highest BCUT2D eigenvalue weighted by atomic mass is 19.4. The molecule has 2 heterocycles. The zero-order chi connectivity index (χ0) is 22.9. The second kappa shape index (κ2) is 8.25. The molecule has 0 radical (unpaired) electrons. The molecule has 0 unspecified atom stereocenters. The molecule has 166 valence electrons. The lowest BCUT2D eigenvalue weighted by atomic mass is 10.1. The maximum absolute atomic E-state index is 13.0. The number of rotatable bonds is 6. The smallest absolute Gasteiger partial charge is 0.440 e. The Morgan fingerprint density at radius 1 is 1.12 bits per heavy atom. The minimum absolute atomic E-state index is 0.0108. The van der Waals surface area contributed by atoms with E-state index in [9.17, 15) is 22.8 Å². The van der Waals surface area contributed by atoms with Crippen molar-refractivity contribution in [1.82, 2.24) is 14.7 Å². The highest BCUT2D eigenvalue weighted by molar-refractivity contribution is 5.55. The summed E-state index contributed by atoms with van der Waals surface area (Å²) in [4.78, 5) is 28.9. The fourth-order valence-electron chi connectivity index (χ4n) is 2.98. The molecule has 0 aliphatic rings. The molecule has 4 rings (SSSR count). The Bertz CT molecular complexity index is 1360. The molecule has 0 bridgehead atoms. The lowest BCUT2D eigenvalue weighted by Crippen LogP contribution is -2.17. The third-order valence-electron chi connectivity index (χ3n) is 4.56. The number of ether oxygens (including phenoxy) is 1. The minimum atomic E-state index is -4.47. The molecular weight excluding hydrogens is 431 g/mol. The maximum Gasteiger partial charge on any atom is 0.440 e. The fourth-order valence-corrected chi connectivity index (χ4v) is 2.98. The van der Waals surface area contributed by atoms with Crippen LogP contribution in [0.2, 0.25) is 0 Å². The van der Waals surface area contributed by atoms with E-state index in [-0.39, 0.29) is 24.6 Å². The summed E-state index contributed by atoms with van der Waals surface area (Å²) in [7, 11) is 0. The van der Waals surface area contributed by atoms with Crippen molar-refractivity contribution in [2.75, 3.05) is 0 Å². The Hall–Kier alpha value is -4.02. The molecule has 8 nitrogen and oxygen atoms in total. The van der Waals surface area contributed by atoms with Crippen molar-refractivity contribution in [3.8, 4) is 17.2 Å². The lowest BCUT2D eigenvalue weighted by molar-refractivity contribution is -0.137. The van der Waals surface area contributed by atoms with Crippen LogP contribution in [0.4, 0.5) is 13.2 Å². The number of aromatic nitrogens is 3. The zero-order valence-corrected chi connectivity index (χ0v) is 16.6. The van der Waals surface area contributed by atoms with Gasteiger partial charge in [-0.15, -0.1) is 4.74 Å². The summed E-state index contributed by atoms with van der Waals surface area (Å²) in [6, 6.07) is 11.5. The minimum Gasteiger partial charge on any atom is -0.487 e. The molecule has 0 spiro atoms. The molecule has 0 atom stereocenters. The van der Waals surface area contributed by atoms with Crippen molar-refractivity contribution in [2.45, 2.75) is 26.3 Å². The van der Waals surface area contributed by atoms with Crippen molar-refractivity contribution < 1.29 is 26.8 Å². The summed E-state index contributed by atoms with van der Waals surface area (Å²) in [5.74, 6) is 0.0777. The van der Waals surface area contributed by atoms with Crippen molar-refractivity contribution in [1.29, 1.82) is 0 Å². The zero-order valence-electron chi connectivity index (χ0n) is 16.6. The molecule has 0 fully saturated rings. The summed E-state index contributed by atoms with van der Waals surface area (Å²) in [5, 5.41) is 0. The summed E-state index contributed by atoms with van der Waals surface area (Å²) in [6.07, 6.45) is -4.47. The molecule has 4 aromatic rings. The SMILES string of the molecule is Cc1oc(-c2cccc(C(F)(F)F)c2)nc1COc1cccc(Cn2oc(=O)[nH]c2=O)c1. The van der Waals surface area contributed by atoms with Crippen LogP contribution in [0.3, 0.4) is 0 Å². The number of H-pyrrole nitrogens is 1. The van der Waals surface area contributed by atoms with Crippen LogP contribution >= 0.6 is 0 Å². The van der Waals surface area contributed by atoms with Crippen LogP contribution in [0.1, 0.15) is 22.6 Å². The number of alkyl halides is 3. The molecule has 0 aliphatic heterocycles. The fraction of sp³-hybridized carbons (Fsp3) is 0.190. The lowest BCUT2D eigenvalue weighted by Gasteiger charge is -2.07. The van der Waals surface area contributed by atoms with E-state index in [1.54, 1.807) is 31.2 Å². The molecular formula is C21H16F3N3O5. The van der Waals surface area contributed by atoms with Gasteiger partial charge in [-0.2, -0.15) is 13.2 Å². The number of nitrogens with zero attached hydrogens (tertiary/aromatic N) is 2. The van der Waals surface area contributed by atoms with E-state index in [4.69, 9.17) is 13.7 Å². The number of oxazole rings is 1. The van der Waals surface area contributed by atoms with E-state index in [0.717, 1.165) is 16.9 Å². The van der Waals surface area contributed by atoms with Gasteiger partial charge in [0.2, 0.25) is 5.89 Å². The van der Waals surface area contributed by atoms with Crippen molar-refractivity contribution >= 4 is 0 Å². The summed E-state index contributed by atoms with van der Waals surface area (Å²) >= 11 is 0. The average Bonchev–Trinajstić information content (AvgIpc) is 3.27. The van der Waals surface area contributed by atoms with Crippen LogP contribution in [0.15, 0.2) is 67.1 Å². The molecule has 0 aliphatic carbocycles. The summed E-state index contributed by atoms with van der Waals surface area (Å²) in [6.45, 7) is 1.67. The highest BCUT2D eigenvalue weighted by Crippen LogP contribution is 2.32. The first-order valence-electron chi connectivity index (χ1n) is 9.35. The van der Waals surface area contributed by atoms with E-state index < -0.39 is 23.2 Å². The normalized spacial score (nSPS) is 11.6. The van der Waals surface area contributed by atoms with Crippen LogP contribution in [0.5, 0.6) is 5.75 Å². The number of aromatic amines is 1. The largest absolute Gasteiger partial charge is 0.487 e. The summed E-state index contributed by atoms with van der Waals surface area (Å²) in [5.41, 5.74) is -0.182. The quantitative estimate of drug-likeness (QED) is 0.483. The van der Waals surface area contributed by atoms with E-state index >= 15 is 0 Å². The van der Waals surface area contributed by atoms with Crippen LogP contribution in [-0.2, 0) is 19.3 Å². The van der Waals surface area contributed by atoms with Gasteiger partial charge >= 0.3 is 17.6 Å². The number of aryl methyl sites for hydroxylation is 1. The second-order valence-electron chi connectivity index (χ2n) is 6.88. The van der Waals surface area contributed by atoms with Gasteiger partial charge in [0, 0.05) is 5.56 Å².